The second-order valence-electron chi connectivity index (χ2n) is 7.99. The van der Waals surface area contributed by atoms with E-state index in [0.29, 0.717) is 17.7 Å². The van der Waals surface area contributed by atoms with Gasteiger partial charge in [0.25, 0.3) is 0 Å². The van der Waals surface area contributed by atoms with Gasteiger partial charge in [0, 0.05) is 24.4 Å². The summed E-state index contributed by atoms with van der Waals surface area (Å²) in [5.41, 5.74) is 2.48. The smallest absolute Gasteiger partial charge is 0.357 e. The maximum atomic E-state index is 14.6. The lowest BCUT2D eigenvalue weighted by Crippen LogP contribution is -2.22. The van der Waals surface area contributed by atoms with Gasteiger partial charge < -0.3 is 24.1 Å². The maximum Gasteiger partial charge on any atom is 0.357 e. The first-order valence-electron chi connectivity index (χ1n) is 11.4. The fourth-order valence-electron chi connectivity index (χ4n) is 3.92. The summed E-state index contributed by atoms with van der Waals surface area (Å²) in [5, 5.41) is 3.76. The lowest BCUT2D eigenvalue weighted by Gasteiger charge is -2.21. The van der Waals surface area contributed by atoms with E-state index in [1.807, 2.05) is 6.92 Å². The van der Waals surface area contributed by atoms with Crippen LogP contribution in [-0.2, 0) is 20.8 Å². The number of carbonyl (C=O) groups excluding carboxylic acids is 1. The lowest BCUT2D eigenvalue weighted by atomic mass is 10.2. The zero-order valence-corrected chi connectivity index (χ0v) is 19.4. The van der Waals surface area contributed by atoms with E-state index in [1.165, 1.54) is 6.07 Å². The van der Waals surface area contributed by atoms with Gasteiger partial charge in [-0.2, -0.15) is 0 Å². The minimum absolute atomic E-state index is 0.206. The number of fused-ring (bicyclic) bond motifs is 1. The number of pyridine rings is 1. The topological polar surface area (TPSA) is 74.6 Å². The molecule has 0 saturated carbocycles. The Labute approximate surface area is 198 Å². The van der Waals surface area contributed by atoms with Gasteiger partial charge in [-0.25, -0.2) is 9.18 Å². The van der Waals surface area contributed by atoms with Crippen LogP contribution < -0.4 is 5.32 Å². The molecule has 0 spiro atoms. The van der Waals surface area contributed by atoms with E-state index < -0.39 is 11.8 Å². The van der Waals surface area contributed by atoms with E-state index in [0.717, 1.165) is 30.3 Å². The molecule has 0 bridgehead atoms. The van der Waals surface area contributed by atoms with Crippen LogP contribution >= 0.6 is 0 Å². The Bertz CT molecular complexity index is 1220. The van der Waals surface area contributed by atoms with Crippen molar-refractivity contribution >= 4 is 28.2 Å². The summed E-state index contributed by atoms with van der Waals surface area (Å²) in [6, 6.07) is 6.67. The van der Waals surface area contributed by atoms with Crippen molar-refractivity contribution in [3.05, 3.63) is 53.7 Å². The minimum Gasteiger partial charge on any atom is -0.461 e. The van der Waals surface area contributed by atoms with Crippen LogP contribution in [0.1, 0.15) is 42.2 Å². The van der Waals surface area contributed by atoms with Crippen LogP contribution in [0.4, 0.5) is 15.8 Å². The fourth-order valence-corrected chi connectivity index (χ4v) is 3.92. The summed E-state index contributed by atoms with van der Waals surface area (Å²) in [6.45, 7) is 4.93. The Kier molecular flexibility index (Phi) is 7.78. The summed E-state index contributed by atoms with van der Waals surface area (Å²) in [6.07, 6.45) is 6.08. The average Bonchev–Trinajstić information content (AvgIpc) is 3.15. The molecule has 1 N–H and O–H groups in total. The molecule has 7 nitrogen and oxygen atoms in total. The van der Waals surface area contributed by atoms with Gasteiger partial charge in [0.1, 0.15) is 12.4 Å². The van der Waals surface area contributed by atoms with Crippen LogP contribution in [-0.4, -0.2) is 41.6 Å². The van der Waals surface area contributed by atoms with Crippen molar-refractivity contribution in [1.82, 2.24) is 9.55 Å². The molecule has 3 aromatic rings. The quantitative estimate of drug-likeness (QED) is 0.393. The molecule has 0 amide bonds. The Hall–Kier alpha value is -3.41. The second-order valence-corrected chi connectivity index (χ2v) is 7.99. The van der Waals surface area contributed by atoms with Crippen LogP contribution in [0.15, 0.2) is 36.7 Å². The van der Waals surface area contributed by atoms with Crippen molar-refractivity contribution in [2.45, 2.75) is 45.9 Å². The van der Waals surface area contributed by atoms with Crippen LogP contribution in [0.25, 0.3) is 10.9 Å². The number of carbonyl (C=O) groups is 1. The normalized spacial score (nSPS) is 15.6. The molecule has 1 aliphatic heterocycles. The molecule has 1 saturated heterocycles. The maximum absolute atomic E-state index is 14.6. The molecule has 1 aromatic carbocycles. The Balaban J connectivity index is 1.66. The van der Waals surface area contributed by atoms with Gasteiger partial charge in [-0.15, -0.1) is 0 Å². The largest absolute Gasteiger partial charge is 0.461 e. The third kappa shape index (κ3) is 5.38. The number of ether oxygens (including phenoxy) is 3. The fraction of sp³-hybridized carbons (Fsp3) is 0.385. The first-order valence-corrected chi connectivity index (χ1v) is 11.4. The highest BCUT2D eigenvalue weighted by molar-refractivity contribution is 6.07. The number of rotatable bonds is 7. The first-order chi connectivity index (χ1) is 16.6. The van der Waals surface area contributed by atoms with Gasteiger partial charge in [-0.1, -0.05) is 17.9 Å². The average molecular weight is 466 g/mol. The molecule has 2 aromatic heterocycles. The number of hydrogen-bond acceptors (Lipinski definition) is 6. The van der Waals surface area contributed by atoms with Crippen molar-refractivity contribution in [2.75, 3.05) is 25.1 Å². The molecule has 8 heteroatoms. The molecule has 1 fully saturated rings. The summed E-state index contributed by atoms with van der Waals surface area (Å²) >= 11 is 0. The van der Waals surface area contributed by atoms with Crippen molar-refractivity contribution in [1.29, 1.82) is 0 Å². The first kappa shape index (κ1) is 23.7. The highest BCUT2D eigenvalue weighted by Gasteiger charge is 2.24. The van der Waals surface area contributed by atoms with Gasteiger partial charge in [-0.05, 0) is 56.9 Å². The van der Waals surface area contributed by atoms with Crippen molar-refractivity contribution < 1.29 is 23.4 Å². The molecule has 34 heavy (non-hydrogen) atoms. The van der Waals surface area contributed by atoms with E-state index in [1.54, 1.807) is 42.1 Å². The SMILES string of the molecule is CCOC(=O)c1c(Nc2ccc(C)cc2F)c2cnccc2n1CC#CCOC1CCCCO1. The molecule has 178 valence electrons. The zero-order chi connectivity index (χ0) is 23.9. The number of esters is 1. The van der Waals surface area contributed by atoms with E-state index in [-0.39, 0.29) is 37.4 Å². The minimum atomic E-state index is -0.526. The van der Waals surface area contributed by atoms with Gasteiger partial charge in [-0.3, -0.25) is 4.98 Å². The Morgan fingerprint density at radius 3 is 2.97 bits per heavy atom. The molecular weight excluding hydrogens is 437 g/mol. The zero-order valence-electron chi connectivity index (χ0n) is 19.4. The summed E-state index contributed by atoms with van der Waals surface area (Å²) in [5.74, 6) is 5.13. The number of halogens is 1. The van der Waals surface area contributed by atoms with E-state index in [2.05, 4.69) is 22.1 Å². The van der Waals surface area contributed by atoms with Crippen LogP contribution in [0.3, 0.4) is 0 Å². The standard InChI is InChI=1S/C26H28FN3O4/c1-3-32-26(31)25-24(29-21-10-9-18(2)16-20(21)27)19-17-28-12-11-22(19)30(25)13-5-7-15-34-23-8-4-6-14-33-23/h9-12,16-17,23,29H,3-4,6,8,13-15H2,1-2H3. The number of benzene rings is 1. The number of hydrogen-bond donors (Lipinski definition) is 1. The van der Waals surface area contributed by atoms with Gasteiger partial charge in [0.2, 0.25) is 0 Å². The highest BCUT2D eigenvalue weighted by atomic mass is 19.1. The van der Waals surface area contributed by atoms with E-state index in [4.69, 9.17) is 14.2 Å². The molecule has 0 aliphatic carbocycles. The molecule has 1 atom stereocenters. The molecule has 1 unspecified atom stereocenters. The lowest BCUT2D eigenvalue weighted by molar-refractivity contribution is -0.154. The predicted molar refractivity (Wildman–Crippen MR) is 127 cm³/mol. The Morgan fingerprint density at radius 2 is 2.21 bits per heavy atom. The van der Waals surface area contributed by atoms with Crippen molar-refractivity contribution in [3.8, 4) is 11.8 Å². The van der Waals surface area contributed by atoms with Crippen molar-refractivity contribution in [2.24, 2.45) is 0 Å². The molecule has 3 heterocycles. The number of nitrogens with zero attached hydrogens (tertiary/aromatic N) is 2. The Morgan fingerprint density at radius 1 is 1.32 bits per heavy atom. The third-order valence-corrected chi connectivity index (χ3v) is 5.56. The molecule has 4 rings (SSSR count). The summed E-state index contributed by atoms with van der Waals surface area (Å²) in [4.78, 5) is 17.2. The van der Waals surface area contributed by atoms with Crippen LogP contribution in [0.5, 0.6) is 0 Å². The summed E-state index contributed by atoms with van der Waals surface area (Å²) < 4.78 is 32.9. The van der Waals surface area contributed by atoms with Crippen LogP contribution in [0, 0.1) is 24.6 Å². The number of nitrogens with one attached hydrogen (secondary N) is 1. The number of aromatic nitrogens is 2. The second kappa shape index (κ2) is 11.1. The molecular formula is C26H28FN3O4. The molecule has 1 aliphatic rings. The van der Waals surface area contributed by atoms with Crippen molar-refractivity contribution in [3.63, 3.8) is 0 Å². The van der Waals surface area contributed by atoms with Crippen LogP contribution in [0.2, 0.25) is 0 Å². The highest BCUT2D eigenvalue weighted by Crippen LogP contribution is 2.34. The monoisotopic (exact) mass is 465 g/mol. The number of anilines is 2. The van der Waals surface area contributed by atoms with Gasteiger partial charge in [0.15, 0.2) is 12.0 Å². The van der Waals surface area contributed by atoms with E-state index >= 15 is 0 Å². The van der Waals surface area contributed by atoms with Gasteiger partial charge in [0.05, 0.1) is 30.0 Å². The predicted octanol–water partition coefficient (Wildman–Crippen LogP) is 4.95. The third-order valence-electron chi connectivity index (χ3n) is 5.56. The van der Waals surface area contributed by atoms with E-state index in [9.17, 15) is 9.18 Å². The van der Waals surface area contributed by atoms with Gasteiger partial charge >= 0.3 is 5.97 Å². The summed E-state index contributed by atoms with van der Waals surface area (Å²) in [7, 11) is 0. The number of aryl methyl sites for hydroxylation is 1. The molecule has 0 radical (unpaired) electrons.